The zero-order valence-corrected chi connectivity index (χ0v) is 9.62. The predicted molar refractivity (Wildman–Crippen MR) is 65.7 cm³/mol. The second-order valence-electron chi connectivity index (χ2n) is 4.34. The van der Waals surface area contributed by atoms with E-state index in [4.69, 9.17) is 0 Å². The van der Waals surface area contributed by atoms with Gasteiger partial charge in [0.2, 0.25) is 0 Å². The van der Waals surface area contributed by atoms with Crippen LogP contribution in [0.15, 0.2) is 24.3 Å². The third-order valence-corrected chi connectivity index (χ3v) is 3.19. The lowest BCUT2D eigenvalue weighted by molar-refractivity contribution is 0.0939. The molecule has 3 heteroatoms. The molecule has 2 N–H and O–H groups in total. The van der Waals surface area contributed by atoms with Gasteiger partial charge in [0.1, 0.15) is 0 Å². The quantitative estimate of drug-likeness (QED) is 0.814. The summed E-state index contributed by atoms with van der Waals surface area (Å²) in [6, 6.07) is 7.56. The van der Waals surface area contributed by atoms with Gasteiger partial charge in [-0.3, -0.25) is 4.79 Å². The molecule has 0 bridgehead atoms. The standard InChI is InChI=1S/C13H18N2O/c1-14-12-7-3-6-11(8-12)13(16)15-9-10-4-2-5-10/h3,6-8,10,14H,2,4-5,9H2,1H3,(H,15,16). The van der Waals surface area contributed by atoms with Crippen LogP contribution in [0.25, 0.3) is 0 Å². The Morgan fingerprint density at radius 3 is 2.88 bits per heavy atom. The number of anilines is 1. The summed E-state index contributed by atoms with van der Waals surface area (Å²) < 4.78 is 0. The zero-order chi connectivity index (χ0) is 11.4. The molecule has 0 aromatic heterocycles. The van der Waals surface area contributed by atoms with Gasteiger partial charge in [0.25, 0.3) is 5.91 Å². The first-order valence-corrected chi connectivity index (χ1v) is 5.85. The summed E-state index contributed by atoms with van der Waals surface area (Å²) in [6.07, 6.45) is 3.84. The molecular formula is C13H18N2O. The van der Waals surface area contributed by atoms with Crippen molar-refractivity contribution in [3.05, 3.63) is 29.8 Å². The first-order chi connectivity index (χ1) is 7.79. The van der Waals surface area contributed by atoms with Crippen molar-refractivity contribution < 1.29 is 4.79 Å². The number of hydrogen-bond donors (Lipinski definition) is 2. The van der Waals surface area contributed by atoms with Gasteiger partial charge >= 0.3 is 0 Å². The highest BCUT2D eigenvalue weighted by atomic mass is 16.1. The highest BCUT2D eigenvalue weighted by Crippen LogP contribution is 2.25. The number of carbonyl (C=O) groups is 1. The Kier molecular flexibility index (Phi) is 3.44. The molecule has 1 saturated carbocycles. The third-order valence-electron chi connectivity index (χ3n) is 3.19. The van der Waals surface area contributed by atoms with E-state index in [0.29, 0.717) is 5.92 Å². The highest BCUT2D eigenvalue weighted by Gasteiger charge is 2.18. The molecule has 1 fully saturated rings. The number of nitrogens with one attached hydrogen (secondary N) is 2. The molecule has 0 aliphatic heterocycles. The summed E-state index contributed by atoms with van der Waals surface area (Å²) >= 11 is 0. The van der Waals surface area contributed by atoms with Gasteiger partial charge in [-0.2, -0.15) is 0 Å². The second-order valence-corrected chi connectivity index (χ2v) is 4.34. The van der Waals surface area contributed by atoms with Crippen LogP contribution in [0, 0.1) is 5.92 Å². The zero-order valence-electron chi connectivity index (χ0n) is 9.62. The van der Waals surface area contributed by atoms with Crippen LogP contribution in [0.4, 0.5) is 5.69 Å². The predicted octanol–water partition coefficient (Wildman–Crippen LogP) is 2.26. The van der Waals surface area contributed by atoms with Crippen molar-refractivity contribution in [1.29, 1.82) is 0 Å². The van der Waals surface area contributed by atoms with Crippen molar-refractivity contribution in [2.24, 2.45) is 5.92 Å². The highest BCUT2D eigenvalue weighted by molar-refractivity contribution is 5.95. The van der Waals surface area contributed by atoms with Crippen molar-refractivity contribution in [2.75, 3.05) is 18.9 Å². The van der Waals surface area contributed by atoms with Gasteiger partial charge in [-0.1, -0.05) is 12.5 Å². The van der Waals surface area contributed by atoms with Gasteiger partial charge in [-0.15, -0.1) is 0 Å². The molecule has 2 rings (SSSR count). The van der Waals surface area contributed by atoms with Crippen LogP contribution < -0.4 is 10.6 Å². The van der Waals surface area contributed by atoms with Gasteiger partial charge < -0.3 is 10.6 Å². The molecule has 1 aliphatic carbocycles. The Bertz CT molecular complexity index is 372. The summed E-state index contributed by atoms with van der Waals surface area (Å²) in [7, 11) is 1.85. The molecule has 0 saturated heterocycles. The second kappa shape index (κ2) is 5.01. The molecule has 1 aromatic rings. The Labute approximate surface area is 96.2 Å². The maximum Gasteiger partial charge on any atom is 0.251 e. The van der Waals surface area contributed by atoms with Crippen molar-refractivity contribution >= 4 is 11.6 Å². The minimum Gasteiger partial charge on any atom is -0.388 e. The van der Waals surface area contributed by atoms with E-state index >= 15 is 0 Å². The number of hydrogen-bond acceptors (Lipinski definition) is 2. The van der Waals surface area contributed by atoms with Crippen molar-refractivity contribution in [3.63, 3.8) is 0 Å². The SMILES string of the molecule is CNc1cccc(C(=O)NCC2CCC2)c1. The van der Waals surface area contributed by atoms with E-state index in [9.17, 15) is 4.79 Å². The molecule has 1 amide bonds. The minimum atomic E-state index is 0.0315. The van der Waals surface area contributed by atoms with Gasteiger partial charge in [0.05, 0.1) is 0 Å². The van der Waals surface area contributed by atoms with Crippen LogP contribution in [-0.4, -0.2) is 19.5 Å². The average Bonchev–Trinajstić information content (AvgIpc) is 2.27. The number of rotatable bonds is 4. The lowest BCUT2D eigenvalue weighted by atomic mass is 9.85. The maximum atomic E-state index is 11.8. The van der Waals surface area contributed by atoms with E-state index in [-0.39, 0.29) is 5.91 Å². The molecular weight excluding hydrogens is 200 g/mol. The van der Waals surface area contributed by atoms with Crippen LogP contribution in [0.3, 0.4) is 0 Å². The lowest BCUT2D eigenvalue weighted by Crippen LogP contribution is -2.32. The van der Waals surface area contributed by atoms with Crippen LogP contribution in [0.2, 0.25) is 0 Å². The first-order valence-electron chi connectivity index (χ1n) is 5.85. The third kappa shape index (κ3) is 2.54. The molecule has 0 unspecified atom stereocenters. The molecule has 0 radical (unpaired) electrons. The Hall–Kier alpha value is -1.51. The van der Waals surface area contributed by atoms with Crippen molar-refractivity contribution in [2.45, 2.75) is 19.3 Å². The van der Waals surface area contributed by atoms with E-state index in [1.54, 1.807) is 0 Å². The fourth-order valence-corrected chi connectivity index (χ4v) is 1.85. The fourth-order valence-electron chi connectivity index (χ4n) is 1.85. The van der Waals surface area contributed by atoms with Crippen LogP contribution in [0.1, 0.15) is 29.6 Å². The molecule has 86 valence electrons. The van der Waals surface area contributed by atoms with Crippen molar-refractivity contribution in [3.8, 4) is 0 Å². The van der Waals surface area contributed by atoms with E-state index in [1.165, 1.54) is 19.3 Å². The fraction of sp³-hybridized carbons (Fsp3) is 0.462. The van der Waals surface area contributed by atoms with E-state index in [1.807, 2.05) is 31.3 Å². The summed E-state index contributed by atoms with van der Waals surface area (Å²) in [4.78, 5) is 11.8. The van der Waals surface area contributed by atoms with Gasteiger partial charge in [0.15, 0.2) is 0 Å². The topological polar surface area (TPSA) is 41.1 Å². The molecule has 1 aliphatic rings. The van der Waals surface area contributed by atoms with Gasteiger partial charge in [0, 0.05) is 24.8 Å². The summed E-state index contributed by atoms with van der Waals surface area (Å²) in [6.45, 7) is 0.822. The largest absolute Gasteiger partial charge is 0.388 e. The number of benzene rings is 1. The number of amides is 1. The molecule has 1 aromatic carbocycles. The normalized spacial score (nSPS) is 15.3. The van der Waals surface area contributed by atoms with Crippen LogP contribution in [0.5, 0.6) is 0 Å². The Balaban J connectivity index is 1.91. The maximum absolute atomic E-state index is 11.8. The molecule has 16 heavy (non-hydrogen) atoms. The summed E-state index contributed by atoms with van der Waals surface area (Å²) in [5, 5.41) is 6.01. The molecule has 0 spiro atoms. The molecule has 0 heterocycles. The summed E-state index contributed by atoms with van der Waals surface area (Å²) in [5.74, 6) is 0.737. The molecule has 0 atom stereocenters. The molecule has 3 nitrogen and oxygen atoms in total. The van der Waals surface area contributed by atoms with Gasteiger partial charge in [-0.25, -0.2) is 0 Å². The number of carbonyl (C=O) groups excluding carboxylic acids is 1. The minimum absolute atomic E-state index is 0.0315. The summed E-state index contributed by atoms with van der Waals surface area (Å²) in [5.41, 5.74) is 1.70. The lowest BCUT2D eigenvalue weighted by Gasteiger charge is -2.25. The smallest absolute Gasteiger partial charge is 0.251 e. The monoisotopic (exact) mass is 218 g/mol. The Morgan fingerprint density at radius 1 is 1.44 bits per heavy atom. The van der Waals surface area contributed by atoms with E-state index in [2.05, 4.69) is 10.6 Å². The van der Waals surface area contributed by atoms with E-state index < -0.39 is 0 Å². The van der Waals surface area contributed by atoms with Crippen LogP contribution >= 0.6 is 0 Å². The van der Waals surface area contributed by atoms with E-state index in [0.717, 1.165) is 17.8 Å². The first kappa shape index (κ1) is 11.0. The Morgan fingerprint density at radius 2 is 2.25 bits per heavy atom. The van der Waals surface area contributed by atoms with Crippen LogP contribution in [-0.2, 0) is 0 Å². The van der Waals surface area contributed by atoms with Crippen molar-refractivity contribution in [1.82, 2.24) is 5.32 Å². The van der Waals surface area contributed by atoms with Gasteiger partial charge in [-0.05, 0) is 37.0 Å². The average molecular weight is 218 g/mol.